The van der Waals surface area contributed by atoms with Crippen molar-refractivity contribution in [2.75, 3.05) is 0 Å². The lowest BCUT2D eigenvalue weighted by molar-refractivity contribution is -0.156. The number of imide groups is 2. The first-order valence-electron chi connectivity index (χ1n) is 7.61. The molecule has 21 heavy (non-hydrogen) atoms. The second kappa shape index (κ2) is 5.43. The minimum absolute atomic E-state index is 0.0351. The van der Waals surface area contributed by atoms with E-state index in [4.69, 9.17) is 0 Å². The van der Waals surface area contributed by atoms with E-state index in [1.165, 1.54) is 4.90 Å². The maximum Gasteiger partial charge on any atom is 0.331 e. The van der Waals surface area contributed by atoms with Gasteiger partial charge >= 0.3 is 6.03 Å². The van der Waals surface area contributed by atoms with Crippen molar-refractivity contribution in [1.29, 1.82) is 0 Å². The number of rotatable bonds is 4. The zero-order chi connectivity index (χ0) is 16.6. The Labute approximate surface area is 127 Å². The van der Waals surface area contributed by atoms with Crippen molar-refractivity contribution in [3.05, 3.63) is 0 Å². The van der Waals surface area contributed by atoms with Crippen molar-refractivity contribution in [3.8, 4) is 0 Å². The molecule has 5 heteroatoms. The fourth-order valence-electron chi connectivity index (χ4n) is 3.48. The topological polar surface area (TPSA) is 66.5 Å². The summed E-state index contributed by atoms with van der Waals surface area (Å²) in [6.07, 6.45) is 1.45. The highest BCUT2D eigenvalue weighted by atomic mass is 16.2. The summed E-state index contributed by atoms with van der Waals surface area (Å²) in [5.41, 5.74) is -1.80. The Morgan fingerprint density at radius 2 is 1.48 bits per heavy atom. The number of carbonyl (C=O) groups is 3. The molecule has 1 fully saturated rings. The van der Waals surface area contributed by atoms with Gasteiger partial charge in [0, 0.05) is 5.54 Å². The van der Waals surface area contributed by atoms with Crippen LogP contribution in [0.25, 0.3) is 0 Å². The average molecular weight is 296 g/mol. The van der Waals surface area contributed by atoms with E-state index in [0.717, 1.165) is 0 Å². The molecule has 0 aromatic carbocycles. The van der Waals surface area contributed by atoms with Crippen LogP contribution in [0.2, 0.25) is 0 Å². The van der Waals surface area contributed by atoms with Crippen LogP contribution in [0.5, 0.6) is 0 Å². The normalized spacial score (nSPS) is 19.8. The Balaban J connectivity index is 3.26. The number of nitrogens with zero attached hydrogens (tertiary/aromatic N) is 1. The standard InChI is InChI=1S/C16H28N2O3/c1-8-16(9-2)11(19)17-13(21)18(12(16)20)15(6,7)10-14(3,4)5/h8-10H2,1-7H3,(H,17,19,21). The third-order valence-electron chi connectivity index (χ3n) is 4.25. The van der Waals surface area contributed by atoms with Gasteiger partial charge in [-0.25, -0.2) is 4.79 Å². The SMILES string of the molecule is CCC1(CC)C(=O)NC(=O)N(C(C)(C)CC(C)(C)C)C1=O. The van der Waals surface area contributed by atoms with Crippen LogP contribution in [0.1, 0.15) is 67.7 Å². The molecule has 120 valence electrons. The average Bonchev–Trinajstić information content (AvgIpc) is 2.26. The van der Waals surface area contributed by atoms with Gasteiger partial charge in [0.2, 0.25) is 11.8 Å². The van der Waals surface area contributed by atoms with E-state index in [0.29, 0.717) is 19.3 Å². The molecule has 0 atom stereocenters. The summed E-state index contributed by atoms with van der Waals surface area (Å²) in [5, 5.41) is 2.37. The molecule has 0 radical (unpaired) electrons. The van der Waals surface area contributed by atoms with Gasteiger partial charge in [-0.2, -0.15) is 0 Å². The minimum atomic E-state index is -1.12. The quantitative estimate of drug-likeness (QED) is 0.811. The molecular weight excluding hydrogens is 268 g/mol. The lowest BCUT2D eigenvalue weighted by Gasteiger charge is -2.47. The number of nitrogens with one attached hydrogen (secondary N) is 1. The zero-order valence-corrected chi connectivity index (χ0v) is 14.3. The number of hydrogen-bond acceptors (Lipinski definition) is 3. The van der Waals surface area contributed by atoms with E-state index < -0.39 is 22.9 Å². The van der Waals surface area contributed by atoms with Crippen LogP contribution in [-0.2, 0) is 9.59 Å². The Morgan fingerprint density at radius 1 is 1.00 bits per heavy atom. The van der Waals surface area contributed by atoms with Crippen LogP contribution in [-0.4, -0.2) is 28.3 Å². The lowest BCUT2D eigenvalue weighted by Crippen LogP contribution is -2.68. The van der Waals surface area contributed by atoms with E-state index in [9.17, 15) is 14.4 Å². The van der Waals surface area contributed by atoms with Gasteiger partial charge < -0.3 is 0 Å². The number of amides is 4. The van der Waals surface area contributed by atoms with Crippen molar-refractivity contribution in [3.63, 3.8) is 0 Å². The van der Waals surface area contributed by atoms with Gasteiger partial charge in [-0.1, -0.05) is 34.6 Å². The molecule has 1 heterocycles. The molecule has 0 aliphatic carbocycles. The molecule has 1 N–H and O–H groups in total. The van der Waals surface area contributed by atoms with E-state index in [2.05, 4.69) is 26.1 Å². The first-order chi connectivity index (χ1) is 9.41. The van der Waals surface area contributed by atoms with Gasteiger partial charge in [-0.3, -0.25) is 19.8 Å². The molecule has 1 saturated heterocycles. The molecule has 1 aliphatic heterocycles. The number of barbiturate groups is 1. The molecule has 0 aromatic rings. The van der Waals surface area contributed by atoms with Gasteiger partial charge in [-0.15, -0.1) is 0 Å². The van der Waals surface area contributed by atoms with Crippen LogP contribution in [0.4, 0.5) is 4.79 Å². The summed E-state index contributed by atoms with van der Waals surface area (Å²) >= 11 is 0. The largest absolute Gasteiger partial charge is 0.331 e. The van der Waals surface area contributed by atoms with Gasteiger partial charge in [0.05, 0.1) is 0 Å². The minimum Gasteiger partial charge on any atom is -0.277 e. The lowest BCUT2D eigenvalue weighted by atomic mass is 9.75. The van der Waals surface area contributed by atoms with Gasteiger partial charge in [0.1, 0.15) is 5.41 Å². The molecule has 0 aromatic heterocycles. The van der Waals surface area contributed by atoms with E-state index >= 15 is 0 Å². The van der Waals surface area contributed by atoms with Crippen LogP contribution >= 0.6 is 0 Å². The van der Waals surface area contributed by atoms with Crippen LogP contribution in [0.15, 0.2) is 0 Å². The monoisotopic (exact) mass is 296 g/mol. The summed E-state index contributed by atoms with van der Waals surface area (Å²) < 4.78 is 0. The maximum absolute atomic E-state index is 12.9. The summed E-state index contributed by atoms with van der Waals surface area (Å²) in [6.45, 7) is 13.6. The molecule has 5 nitrogen and oxygen atoms in total. The van der Waals surface area contributed by atoms with Crippen molar-refractivity contribution >= 4 is 17.8 Å². The van der Waals surface area contributed by atoms with Crippen molar-refractivity contribution < 1.29 is 14.4 Å². The molecule has 0 bridgehead atoms. The Morgan fingerprint density at radius 3 is 1.86 bits per heavy atom. The molecule has 0 spiro atoms. The third-order valence-corrected chi connectivity index (χ3v) is 4.25. The highest BCUT2D eigenvalue weighted by Crippen LogP contribution is 2.39. The fourth-order valence-corrected chi connectivity index (χ4v) is 3.48. The zero-order valence-electron chi connectivity index (χ0n) is 14.3. The van der Waals surface area contributed by atoms with Crippen molar-refractivity contribution in [2.45, 2.75) is 73.3 Å². The van der Waals surface area contributed by atoms with Gasteiger partial charge in [0.15, 0.2) is 0 Å². The van der Waals surface area contributed by atoms with Gasteiger partial charge in [0.25, 0.3) is 0 Å². The predicted molar refractivity (Wildman–Crippen MR) is 81.6 cm³/mol. The summed E-state index contributed by atoms with van der Waals surface area (Å²) in [5.74, 6) is -0.833. The second-order valence-corrected chi connectivity index (χ2v) is 7.74. The Hall–Kier alpha value is -1.39. The summed E-state index contributed by atoms with van der Waals surface area (Å²) in [6, 6.07) is -0.600. The number of urea groups is 1. The summed E-state index contributed by atoms with van der Waals surface area (Å²) in [4.78, 5) is 38.6. The second-order valence-electron chi connectivity index (χ2n) is 7.74. The first kappa shape index (κ1) is 17.7. The summed E-state index contributed by atoms with van der Waals surface area (Å²) in [7, 11) is 0. The van der Waals surface area contributed by atoms with Gasteiger partial charge in [-0.05, 0) is 38.5 Å². The molecule has 0 unspecified atom stereocenters. The molecule has 1 rings (SSSR count). The molecular formula is C16H28N2O3. The van der Waals surface area contributed by atoms with E-state index in [-0.39, 0.29) is 11.3 Å². The molecule has 4 amide bonds. The predicted octanol–water partition coefficient (Wildman–Crippen LogP) is 3.09. The smallest absolute Gasteiger partial charge is 0.277 e. The highest BCUT2D eigenvalue weighted by molar-refractivity contribution is 6.19. The van der Waals surface area contributed by atoms with Crippen LogP contribution in [0, 0.1) is 10.8 Å². The highest BCUT2D eigenvalue weighted by Gasteiger charge is 2.55. The van der Waals surface area contributed by atoms with Crippen LogP contribution in [0.3, 0.4) is 0 Å². The molecule has 1 aliphatic rings. The van der Waals surface area contributed by atoms with E-state index in [1.807, 2.05) is 27.7 Å². The number of carbonyl (C=O) groups excluding carboxylic acids is 3. The van der Waals surface area contributed by atoms with Crippen molar-refractivity contribution in [2.24, 2.45) is 10.8 Å². The third kappa shape index (κ3) is 3.11. The molecule has 0 saturated carbocycles. The maximum atomic E-state index is 12.9. The first-order valence-corrected chi connectivity index (χ1v) is 7.61. The van der Waals surface area contributed by atoms with Crippen molar-refractivity contribution in [1.82, 2.24) is 10.2 Å². The Bertz CT molecular complexity index is 457. The Kier molecular flexibility index (Phi) is 4.56. The van der Waals surface area contributed by atoms with Crippen LogP contribution < -0.4 is 5.32 Å². The number of hydrogen-bond donors (Lipinski definition) is 1. The fraction of sp³-hybridized carbons (Fsp3) is 0.812. The van der Waals surface area contributed by atoms with E-state index in [1.54, 1.807) is 0 Å².